The highest BCUT2D eigenvalue weighted by atomic mass is 32.2. The molecule has 0 aromatic heterocycles. The van der Waals surface area contributed by atoms with Gasteiger partial charge in [0.25, 0.3) is 5.24 Å². The van der Waals surface area contributed by atoms with Crippen molar-refractivity contribution >= 4 is 22.1 Å². The normalized spacial score (nSPS) is 9.57. The van der Waals surface area contributed by atoms with Crippen LogP contribution in [0.2, 0.25) is 0 Å². The van der Waals surface area contributed by atoms with Crippen LogP contribution in [0.4, 0.5) is 4.79 Å². The number of carbonyl (C=O) groups excluding carboxylic acids is 2. The van der Waals surface area contributed by atoms with Gasteiger partial charge in [0.1, 0.15) is 0 Å². The Kier molecular flexibility index (Phi) is 3.71. The van der Waals surface area contributed by atoms with Gasteiger partial charge in [-0.15, -0.1) is 0 Å². The fourth-order valence-corrected chi connectivity index (χ4v) is 1.40. The molecule has 4 heteroatoms. The molecule has 0 fully saturated rings. The van der Waals surface area contributed by atoms with Gasteiger partial charge in [-0.1, -0.05) is 30.3 Å². The molecule has 1 amide bonds. The minimum absolute atomic E-state index is 0.218. The fourth-order valence-electron chi connectivity index (χ4n) is 0.804. The second-order valence-electron chi connectivity index (χ2n) is 2.92. The summed E-state index contributed by atoms with van der Waals surface area (Å²) in [5.74, 6) is 0. The largest absolute Gasteiger partial charge is 0.339 e. The van der Waals surface area contributed by atoms with E-state index in [2.05, 4.69) is 0 Å². The molecule has 0 saturated carbocycles. The van der Waals surface area contributed by atoms with Crippen molar-refractivity contribution in [3.63, 3.8) is 0 Å². The molecule has 1 aromatic rings. The average Bonchev–Trinajstić information content (AvgIpc) is 2.19. The van der Waals surface area contributed by atoms with E-state index in [1.807, 2.05) is 6.07 Å². The van der Waals surface area contributed by atoms with Crippen molar-refractivity contribution < 1.29 is 9.59 Å². The van der Waals surface area contributed by atoms with Crippen molar-refractivity contribution in [2.45, 2.75) is 0 Å². The Morgan fingerprint density at radius 3 is 2.21 bits per heavy atom. The molecule has 0 heterocycles. The first-order valence-electron chi connectivity index (χ1n) is 4.10. The maximum Gasteiger partial charge on any atom is 0.289 e. The summed E-state index contributed by atoms with van der Waals surface area (Å²) in [5.41, 5.74) is 0.549. The third kappa shape index (κ3) is 2.88. The summed E-state index contributed by atoms with van der Waals surface area (Å²) < 4.78 is 0. The maximum atomic E-state index is 11.5. The third-order valence-electron chi connectivity index (χ3n) is 1.55. The van der Waals surface area contributed by atoms with Crippen molar-refractivity contribution in [2.24, 2.45) is 0 Å². The molecule has 0 N–H and O–H groups in total. The standard InChI is InChI=1S/C10H11NO2S/c1-11(2)10(13)14-9(12)8-6-4-3-5-7-8/h3-7H,1-2H3. The molecule has 0 atom stereocenters. The van der Waals surface area contributed by atoms with Gasteiger partial charge >= 0.3 is 0 Å². The predicted octanol–water partition coefficient (Wildman–Crippen LogP) is 2.24. The lowest BCUT2D eigenvalue weighted by atomic mass is 10.2. The van der Waals surface area contributed by atoms with Crippen molar-refractivity contribution in [1.82, 2.24) is 4.90 Å². The number of nitrogens with zero attached hydrogens (tertiary/aromatic N) is 1. The highest BCUT2D eigenvalue weighted by Crippen LogP contribution is 2.14. The zero-order valence-electron chi connectivity index (χ0n) is 8.06. The lowest BCUT2D eigenvalue weighted by Gasteiger charge is -2.07. The van der Waals surface area contributed by atoms with Crippen LogP contribution in [0, 0.1) is 0 Å². The minimum atomic E-state index is -0.251. The average molecular weight is 209 g/mol. The summed E-state index contributed by atoms with van der Waals surface area (Å²) in [6.07, 6.45) is 0. The molecule has 0 unspecified atom stereocenters. The highest BCUT2D eigenvalue weighted by molar-refractivity contribution is 8.26. The smallest absolute Gasteiger partial charge is 0.289 e. The van der Waals surface area contributed by atoms with Crippen LogP contribution in [0.25, 0.3) is 0 Å². The molecule has 0 aliphatic rings. The van der Waals surface area contributed by atoms with Crippen LogP contribution in [0.1, 0.15) is 10.4 Å². The van der Waals surface area contributed by atoms with Crippen molar-refractivity contribution in [1.29, 1.82) is 0 Å². The number of thioether (sulfide) groups is 1. The molecule has 1 rings (SSSR count). The van der Waals surface area contributed by atoms with Gasteiger partial charge in [0.2, 0.25) is 5.12 Å². The lowest BCUT2D eigenvalue weighted by molar-refractivity contribution is 0.108. The molecule has 0 aliphatic heterocycles. The number of benzene rings is 1. The zero-order chi connectivity index (χ0) is 10.6. The van der Waals surface area contributed by atoms with Crippen LogP contribution >= 0.6 is 11.8 Å². The van der Waals surface area contributed by atoms with Crippen molar-refractivity contribution in [3.8, 4) is 0 Å². The number of hydrogen-bond donors (Lipinski definition) is 0. The van der Waals surface area contributed by atoms with Gasteiger partial charge in [-0.25, -0.2) is 0 Å². The molecule has 0 bridgehead atoms. The third-order valence-corrected chi connectivity index (χ3v) is 2.52. The SMILES string of the molecule is CN(C)C(=O)SC(=O)c1ccccc1. The Bertz CT molecular complexity index is 335. The van der Waals surface area contributed by atoms with E-state index >= 15 is 0 Å². The molecule has 0 radical (unpaired) electrons. The molecule has 1 aromatic carbocycles. The second-order valence-corrected chi connectivity index (χ2v) is 3.84. The first kappa shape index (κ1) is 10.8. The van der Waals surface area contributed by atoms with Gasteiger partial charge in [0.15, 0.2) is 0 Å². The first-order chi connectivity index (χ1) is 6.61. The summed E-state index contributed by atoms with van der Waals surface area (Å²) >= 11 is 0.709. The molecule has 14 heavy (non-hydrogen) atoms. The Labute approximate surface area is 87.1 Å². The highest BCUT2D eigenvalue weighted by Gasteiger charge is 2.13. The van der Waals surface area contributed by atoms with Gasteiger partial charge in [-0.05, 0) is 0 Å². The van der Waals surface area contributed by atoms with Gasteiger partial charge in [0, 0.05) is 31.4 Å². The zero-order valence-corrected chi connectivity index (χ0v) is 8.88. The number of amides is 1. The van der Waals surface area contributed by atoms with Crippen LogP contribution in [0.3, 0.4) is 0 Å². The van der Waals surface area contributed by atoms with Crippen LogP contribution in [-0.4, -0.2) is 29.3 Å². The van der Waals surface area contributed by atoms with Crippen LogP contribution in [0.5, 0.6) is 0 Å². The van der Waals surface area contributed by atoms with Crippen LogP contribution in [-0.2, 0) is 0 Å². The summed E-state index contributed by atoms with van der Waals surface area (Å²) in [5, 5.41) is -0.469. The Morgan fingerprint density at radius 1 is 1.14 bits per heavy atom. The van der Waals surface area contributed by atoms with E-state index in [0.717, 1.165) is 0 Å². The van der Waals surface area contributed by atoms with Crippen molar-refractivity contribution in [3.05, 3.63) is 35.9 Å². The van der Waals surface area contributed by atoms with E-state index in [9.17, 15) is 9.59 Å². The molecule has 0 saturated heterocycles. The predicted molar refractivity (Wildman–Crippen MR) is 57.4 cm³/mol. The Hall–Kier alpha value is -1.29. The number of carbonyl (C=O) groups is 2. The van der Waals surface area contributed by atoms with E-state index in [0.29, 0.717) is 17.3 Å². The fraction of sp³-hybridized carbons (Fsp3) is 0.200. The molecule has 0 spiro atoms. The quantitative estimate of drug-likeness (QED) is 0.711. The van der Waals surface area contributed by atoms with Crippen LogP contribution in [0.15, 0.2) is 30.3 Å². The summed E-state index contributed by atoms with van der Waals surface area (Å²) in [6, 6.07) is 8.76. The minimum Gasteiger partial charge on any atom is -0.339 e. The molecular formula is C10H11NO2S. The first-order valence-corrected chi connectivity index (χ1v) is 4.91. The maximum absolute atomic E-state index is 11.5. The molecule has 74 valence electrons. The number of rotatable bonds is 1. The Balaban J connectivity index is 2.65. The van der Waals surface area contributed by atoms with Gasteiger partial charge in [0.05, 0.1) is 0 Å². The topological polar surface area (TPSA) is 37.4 Å². The van der Waals surface area contributed by atoms with Crippen molar-refractivity contribution in [2.75, 3.05) is 14.1 Å². The van der Waals surface area contributed by atoms with Gasteiger partial charge in [-0.2, -0.15) is 0 Å². The number of hydrogen-bond acceptors (Lipinski definition) is 3. The van der Waals surface area contributed by atoms with Gasteiger partial charge < -0.3 is 4.90 Å². The van der Waals surface area contributed by atoms with E-state index < -0.39 is 0 Å². The summed E-state index contributed by atoms with van der Waals surface area (Å²) in [4.78, 5) is 24.1. The van der Waals surface area contributed by atoms with E-state index in [1.54, 1.807) is 38.4 Å². The van der Waals surface area contributed by atoms with E-state index in [-0.39, 0.29) is 10.4 Å². The lowest BCUT2D eigenvalue weighted by Crippen LogP contribution is -2.18. The van der Waals surface area contributed by atoms with Crippen LogP contribution < -0.4 is 0 Å². The Morgan fingerprint density at radius 2 is 1.71 bits per heavy atom. The van der Waals surface area contributed by atoms with E-state index in [1.165, 1.54) is 4.90 Å². The molecular weight excluding hydrogens is 198 g/mol. The molecule has 0 aliphatic carbocycles. The summed E-state index contributed by atoms with van der Waals surface area (Å²) in [6.45, 7) is 0. The second kappa shape index (κ2) is 4.81. The summed E-state index contributed by atoms with van der Waals surface area (Å²) in [7, 11) is 3.24. The van der Waals surface area contributed by atoms with E-state index in [4.69, 9.17) is 0 Å². The molecule has 3 nitrogen and oxygen atoms in total. The monoisotopic (exact) mass is 209 g/mol. The van der Waals surface area contributed by atoms with Gasteiger partial charge in [-0.3, -0.25) is 9.59 Å².